The molecular formula is C13H16BrFN2O2. The highest BCUT2D eigenvalue weighted by molar-refractivity contribution is 9.10. The molecule has 1 fully saturated rings. The zero-order valence-corrected chi connectivity index (χ0v) is 12.5. The van der Waals surface area contributed by atoms with Gasteiger partial charge in [0, 0.05) is 17.1 Å². The van der Waals surface area contributed by atoms with Crippen LogP contribution in [0.3, 0.4) is 0 Å². The van der Waals surface area contributed by atoms with E-state index in [9.17, 15) is 9.18 Å². The van der Waals surface area contributed by atoms with Gasteiger partial charge in [-0.2, -0.15) is 4.39 Å². The Labute approximate surface area is 119 Å². The Kier molecular flexibility index (Phi) is 4.20. The molecule has 1 aromatic rings. The molecular weight excluding hydrogens is 315 g/mol. The Morgan fingerprint density at radius 3 is 3.00 bits per heavy atom. The third kappa shape index (κ3) is 3.73. The lowest BCUT2D eigenvalue weighted by Gasteiger charge is -2.35. The average Bonchev–Trinajstić information content (AvgIpc) is 2.31. The van der Waals surface area contributed by atoms with Gasteiger partial charge >= 0.3 is 0 Å². The molecule has 0 radical (unpaired) electrons. The van der Waals surface area contributed by atoms with Crippen molar-refractivity contribution in [3.8, 4) is 0 Å². The summed E-state index contributed by atoms with van der Waals surface area (Å²) in [5.41, 5.74) is -0.174. The summed E-state index contributed by atoms with van der Waals surface area (Å²) < 4.78 is 19.2. The molecule has 0 unspecified atom stereocenters. The lowest BCUT2D eigenvalue weighted by atomic mass is 9.94. The van der Waals surface area contributed by atoms with E-state index in [4.69, 9.17) is 4.74 Å². The first kappa shape index (κ1) is 14.4. The highest BCUT2D eigenvalue weighted by Crippen LogP contribution is 2.24. The molecule has 2 rings (SSSR count). The monoisotopic (exact) mass is 330 g/mol. The number of nitrogens with one attached hydrogen (secondary N) is 1. The number of pyridine rings is 1. The molecule has 1 atom stereocenters. The van der Waals surface area contributed by atoms with Crippen molar-refractivity contribution in [3.05, 3.63) is 28.2 Å². The van der Waals surface area contributed by atoms with E-state index in [2.05, 4.69) is 26.2 Å². The fraction of sp³-hybridized carbons (Fsp3) is 0.538. The molecule has 1 aliphatic heterocycles. The van der Waals surface area contributed by atoms with Gasteiger partial charge in [0.25, 0.3) is 5.91 Å². The highest BCUT2D eigenvalue weighted by atomic mass is 79.9. The van der Waals surface area contributed by atoms with E-state index in [1.54, 1.807) is 0 Å². The van der Waals surface area contributed by atoms with E-state index in [-0.39, 0.29) is 23.2 Å². The lowest BCUT2D eigenvalue weighted by molar-refractivity contribution is -0.0615. The van der Waals surface area contributed by atoms with E-state index in [0.29, 0.717) is 11.1 Å². The van der Waals surface area contributed by atoms with Crippen LogP contribution in [0.1, 0.15) is 37.2 Å². The van der Waals surface area contributed by atoms with Crippen LogP contribution in [0.15, 0.2) is 16.6 Å². The summed E-state index contributed by atoms with van der Waals surface area (Å²) in [7, 11) is 0. The second-order valence-corrected chi connectivity index (χ2v) is 6.09. The first-order valence-electron chi connectivity index (χ1n) is 6.14. The molecule has 2 heterocycles. The van der Waals surface area contributed by atoms with Crippen molar-refractivity contribution >= 4 is 21.8 Å². The predicted octanol–water partition coefficient (Wildman–Crippen LogP) is 2.67. The van der Waals surface area contributed by atoms with Crippen molar-refractivity contribution in [2.24, 2.45) is 0 Å². The van der Waals surface area contributed by atoms with Crippen molar-refractivity contribution in [2.45, 2.75) is 38.3 Å². The normalized spacial score (nSPS) is 22.0. The summed E-state index contributed by atoms with van der Waals surface area (Å²) in [5.74, 6) is -1.03. The molecule has 0 aliphatic carbocycles. The number of hydrogen-bond acceptors (Lipinski definition) is 3. The van der Waals surface area contributed by atoms with Crippen molar-refractivity contribution in [1.29, 1.82) is 0 Å². The van der Waals surface area contributed by atoms with E-state index in [0.717, 1.165) is 12.8 Å². The maximum absolute atomic E-state index is 13.1. The van der Waals surface area contributed by atoms with Gasteiger partial charge in [-0.05, 0) is 54.8 Å². The fourth-order valence-electron chi connectivity index (χ4n) is 2.19. The number of amides is 1. The maximum Gasteiger partial charge on any atom is 0.271 e. The number of carbonyl (C=O) groups is 1. The molecule has 1 amide bonds. The number of ether oxygens (including phenoxy) is 1. The molecule has 1 aromatic heterocycles. The van der Waals surface area contributed by atoms with Gasteiger partial charge in [0.1, 0.15) is 5.69 Å². The maximum atomic E-state index is 13.1. The molecule has 4 nitrogen and oxygen atoms in total. The highest BCUT2D eigenvalue weighted by Gasteiger charge is 2.30. The Balaban J connectivity index is 2.06. The first-order valence-corrected chi connectivity index (χ1v) is 6.93. The molecule has 1 N–H and O–H groups in total. The van der Waals surface area contributed by atoms with Crippen LogP contribution in [-0.2, 0) is 4.74 Å². The minimum Gasteiger partial charge on any atom is -0.375 e. The van der Waals surface area contributed by atoms with Crippen molar-refractivity contribution in [1.82, 2.24) is 10.3 Å². The van der Waals surface area contributed by atoms with Crippen LogP contribution in [0.25, 0.3) is 0 Å². The van der Waals surface area contributed by atoms with Crippen LogP contribution in [0.2, 0.25) is 0 Å². The summed E-state index contributed by atoms with van der Waals surface area (Å²) in [6.07, 6.45) is 1.48. The van der Waals surface area contributed by atoms with E-state index in [1.807, 2.05) is 13.8 Å². The molecule has 6 heteroatoms. The van der Waals surface area contributed by atoms with Crippen LogP contribution in [0.4, 0.5) is 4.39 Å². The Morgan fingerprint density at radius 2 is 2.32 bits per heavy atom. The first-order chi connectivity index (χ1) is 8.87. The van der Waals surface area contributed by atoms with Crippen molar-refractivity contribution in [2.75, 3.05) is 6.61 Å². The SMILES string of the molecule is CC1(C)C[C@H](NC(=O)c2nc(F)ccc2Br)CCO1. The van der Waals surface area contributed by atoms with Crippen LogP contribution >= 0.6 is 15.9 Å². The van der Waals surface area contributed by atoms with E-state index < -0.39 is 5.95 Å². The van der Waals surface area contributed by atoms with Gasteiger partial charge in [0.15, 0.2) is 0 Å². The van der Waals surface area contributed by atoms with E-state index >= 15 is 0 Å². The van der Waals surface area contributed by atoms with Gasteiger partial charge < -0.3 is 10.1 Å². The fourth-order valence-corrected chi connectivity index (χ4v) is 2.59. The van der Waals surface area contributed by atoms with Gasteiger partial charge in [-0.3, -0.25) is 4.79 Å². The van der Waals surface area contributed by atoms with Gasteiger partial charge in [0.2, 0.25) is 5.95 Å². The summed E-state index contributed by atoms with van der Waals surface area (Å²) in [6.45, 7) is 4.58. The second kappa shape index (κ2) is 5.54. The quantitative estimate of drug-likeness (QED) is 0.848. The van der Waals surface area contributed by atoms with Gasteiger partial charge in [-0.15, -0.1) is 0 Å². The van der Waals surface area contributed by atoms with Crippen LogP contribution in [-0.4, -0.2) is 29.1 Å². The predicted molar refractivity (Wildman–Crippen MR) is 72.4 cm³/mol. The minimum absolute atomic E-state index is 0.0215. The Bertz CT molecular complexity index is 494. The summed E-state index contributed by atoms with van der Waals surface area (Å²) >= 11 is 3.20. The summed E-state index contributed by atoms with van der Waals surface area (Å²) in [4.78, 5) is 15.7. The van der Waals surface area contributed by atoms with Crippen molar-refractivity contribution in [3.63, 3.8) is 0 Å². The largest absolute Gasteiger partial charge is 0.375 e. The lowest BCUT2D eigenvalue weighted by Crippen LogP contribution is -2.46. The zero-order valence-electron chi connectivity index (χ0n) is 10.9. The van der Waals surface area contributed by atoms with Crippen molar-refractivity contribution < 1.29 is 13.9 Å². The second-order valence-electron chi connectivity index (χ2n) is 5.24. The average molecular weight is 331 g/mol. The third-order valence-corrected chi connectivity index (χ3v) is 3.70. The number of nitrogens with zero attached hydrogens (tertiary/aromatic N) is 1. The Hall–Kier alpha value is -1.01. The number of halogens is 2. The number of hydrogen-bond donors (Lipinski definition) is 1. The number of rotatable bonds is 2. The van der Waals surface area contributed by atoms with Crippen LogP contribution < -0.4 is 5.32 Å². The molecule has 1 aliphatic rings. The number of aromatic nitrogens is 1. The Morgan fingerprint density at radius 1 is 1.58 bits per heavy atom. The molecule has 104 valence electrons. The van der Waals surface area contributed by atoms with Gasteiger partial charge in [-0.1, -0.05) is 0 Å². The molecule has 1 saturated heterocycles. The summed E-state index contributed by atoms with van der Waals surface area (Å²) in [5, 5.41) is 2.88. The van der Waals surface area contributed by atoms with Crippen LogP contribution in [0, 0.1) is 5.95 Å². The van der Waals surface area contributed by atoms with E-state index in [1.165, 1.54) is 12.1 Å². The standard InChI is InChI=1S/C13H16BrFN2O2/c1-13(2)7-8(5-6-19-13)16-12(18)11-9(14)3-4-10(15)17-11/h3-4,8H,5-7H2,1-2H3,(H,16,18)/t8-/m1/s1. The topological polar surface area (TPSA) is 51.2 Å². The van der Waals surface area contributed by atoms with Crippen LogP contribution in [0.5, 0.6) is 0 Å². The third-order valence-electron chi connectivity index (χ3n) is 3.06. The molecule has 0 aromatic carbocycles. The smallest absolute Gasteiger partial charge is 0.271 e. The minimum atomic E-state index is -0.666. The molecule has 19 heavy (non-hydrogen) atoms. The van der Waals surface area contributed by atoms with Gasteiger partial charge in [0.05, 0.1) is 5.60 Å². The zero-order chi connectivity index (χ0) is 14.0. The summed E-state index contributed by atoms with van der Waals surface area (Å²) in [6, 6.07) is 2.71. The van der Waals surface area contributed by atoms with Gasteiger partial charge in [-0.25, -0.2) is 4.98 Å². The molecule has 0 saturated carbocycles. The number of carbonyl (C=O) groups excluding carboxylic acids is 1. The molecule has 0 bridgehead atoms. The molecule has 0 spiro atoms.